The first-order chi connectivity index (χ1) is 5.49. The van der Waals surface area contributed by atoms with E-state index in [4.69, 9.17) is 0 Å². The van der Waals surface area contributed by atoms with Crippen LogP contribution in [0, 0.1) is 0 Å². The number of carbonyl (C=O) groups excluding carboxylic acids is 2. The van der Waals surface area contributed by atoms with Gasteiger partial charge in [0.2, 0.25) is 11.8 Å². The second-order valence-corrected chi connectivity index (χ2v) is 3.00. The summed E-state index contributed by atoms with van der Waals surface area (Å²) in [5.41, 5.74) is 0. The van der Waals surface area contributed by atoms with E-state index < -0.39 is 6.04 Å². The Morgan fingerprint density at radius 1 is 1.50 bits per heavy atom. The number of rotatable bonds is 3. The van der Waals surface area contributed by atoms with Gasteiger partial charge in [0, 0.05) is 14.1 Å². The van der Waals surface area contributed by atoms with Crippen LogP contribution in [0.2, 0.25) is 0 Å². The second-order valence-electron chi connectivity index (χ2n) is 2.68. The molecule has 2 amide bonds. The lowest BCUT2D eigenvalue weighted by molar-refractivity contribution is -0.133. The largest absolute Gasteiger partial charge is 0.347 e. The van der Waals surface area contributed by atoms with Crippen LogP contribution >= 0.6 is 12.6 Å². The van der Waals surface area contributed by atoms with Crippen molar-refractivity contribution in [3.8, 4) is 0 Å². The first-order valence-corrected chi connectivity index (χ1v) is 4.23. The highest BCUT2D eigenvalue weighted by atomic mass is 32.1. The molecule has 0 aromatic carbocycles. The van der Waals surface area contributed by atoms with Gasteiger partial charge < -0.3 is 10.2 Å². The molecule has 4 nitrogen and oxygen atoms in total. The van der Waals surface area contributed by atoms with Crippen LogP contribution in [0.15, 0.2) is 0 Å². The molecule has 0 radical (unpaired) electrons. The lowest BCUT2D eigenvalue weighted by atomic mass is 10.3. The first-order valence-electron chi connectivity index (χ1n) is 3.60. The normalized spacial score (nSPS) is 12.0. The van der Waals surface area contributed by atoms with Crippen LogP contribution in [0.3, 0.4) is 0 Å². The number of likely N-dealkylation sites (N-methyl/N-ethyl adjacent to an activating group) is 1. The fourth-order valence-electron chi connectivity index (χ4n) is 0.736. The van der Waals surface area contributed by atoms with Crippen molar-refractivity contribution in [3.63, 3.8) is 0 Å². The van der Waals surface area contributed by atoms with Gasteiger partial charge in [-0.2, -0.15) is 12.6 Å². The highest BCUT2D eigenvalue weighted by molar-refractivity contribution is 7.81. The zero-order chi connectivity index (χ0) is 9.72. The molecule has 0 saturated heterocycles. The predicted octanol–water partition coefficient (Wildman–Crippen LogP) is -0.491. The van der Waals surface area contributed by atoms with E-state index in [1.54, 1.807) is 21.0 Å². The van der Waals surface area contributed by atoms with Gasteiger partial charge in [-0.3, -0.25) is 9.59 Å². The number of nitrogens with zero attached hydrogens (tertiary/aromatic N) is 1. The van der Waals surface area contributed by atoms with Gasteiger partial charge in [0.05, 0.1) is 5.75 Å². The Balaban J connectivity index is 3.95. The number of hydrogen-bond donors (Lipinski definition) is 2. The summed E-state index contributed by atoms with van der Waals surface area (Å²) < 4.78 is 0. The molecule has 0 aromatic rings. The molecule has 12 heavy (non-hydrogen) atoms. The number of thiol groups is 1. The van der Waals surface area contributed by atoms with Gasteiger partial charge in [-0.15, -0.1) is 0 Å². The van der Waals surface area contributed by atoms with Crippen molar-refractivity contribution in [1.29, 1.82) is 0 Å². The number of carbonyl (C=O) groups is 2. The Hall–Kier alpha value is -0.710. The minimum Gasteiger partial charge on any atom is -0.347 e. The lowest BCUT2D eigenvalue weighted by Crippen LogP contribution is -2.44. The standard InChI is InChI=1S/C7H14N2O2S/c1-5(7(11)9(2)3)8-6(10)4-12/h5,12H,4H2,1-3H3,(H,8,10). The van der Waals surface area contributed by atoms with Crippen LogP contribution in [0.25, 0.3) is 0 Å². The third-order valence-corrected chi connectivity index (χ3v) is 1.62. The molecule has 0 aromatic heterocycles. The van der Waals surface area contributed by atoms with Gasteiger partial charge in [-0.05, 0) is 6.92 Å². The Morgan fingerprint density at radius 2 is 2.00 bits per heavy atom. The smallest absolute Gasteiger partial charge is 0.244 e. The summed E-state index contributed by atoms with van der Waals surface area (Å²) in [6.45, 7) is 1.64. The van der Waals surface area contributed by atoms with Gasteiger partial charge in [0.1, 0.15) is 6.04 Å². The van der Waals surface area contributed by atoms with Crippen molar-refractivity contribution >= 4 is 24.4 Å². The van der Waals surface area contributed by atoms with Crippen LogP contribution in [0.5, 0.6) is 0 Å². The van der Waals surface area contributed by atoms with E-state index in [9.17, 15) is 9.59 Å². The maximum absolute atomic E-state index is 11.2. The molecule has 0 fully saturated rings. The third-order valence-electron chi connectivity index (χ3n) is 1.33. The van der Waals surface area contributed by atoms with E-state index in [1.807, 2.05) is 0 Å². The fraction of sp³-hybridized carbons (Fsp3) is 0.714. The summed E-state index contributed by atoms with van der Waals surface area (Å²) in [7, 11) is 3.29. The molecular formula is C7H14N2O2S. The van der Waals surface area contributed by atoms with Crippen LogP contribution < -0.4 is 5.32 Å². The maximum Gasteiger partial charge on any atom is 0.244 e. The van der Waals surface area contributed by atoms with Crippen LogP contribution in [-0.4, -0.2) is 42.6 Å². The summed E-state index contributed by atoms with van der Waals surface area (Å²) in [5.74, 6) is -0.253. The van der Waals surface area contributed by atoms with Crippen molar-refractivity contribution in [1.82, 2.24) is 10.2 Å². The summed E-state index contributed by atoms with van der Waals surface area (Å²) in [6, 6.07) is -0.473. The van der Waals surface area contributed by atoms with Crippen molar-refractivity contribution in [2.24, 2.45) is 0 Å². The molecule has 1 unspecified atom stereocenters. The van der Waals surface area contributed by atoms with E-state index >= 15 is 0 Å². The Labute approximate surface area is 77.7 Å². The van der Waals surface area contributed by atoms with Gasteiger partial charge in [-0.25, -0.2) is 0 Å². The van der Waals surface area contributed by atoms with E-state index in [0.717, 1.165) is 0 Å². The molecule has 5 heteroatoms. The second kappa shape index (κ2) is 5.03. The Kier molecular flexibility index (Phi) is 4.73. The van der Waals surface area contributed by atoms with Crippen molar-refractivity contribution < 1.29 is 9.59 Å². The molecule has 0 aliphatic heterocycles. The van der Waals surface area contributed by atoms with Crippen molar-refractivity contribution in [2.45, 2.75) is 13.0 Å². The van der Waals surface area contributed by atoms with Gasteiger partial charge in [0.15, 0.2) is 0 Å². The fourth-order valence-corrected chi connectivity index (χ4v) is 0.827. The Morgan fingerprint density at radius 3 is 2.33 bits per heavy atom. The van der Waals surface area contributed by atoms with E-state index in [0.29, 0.717) is 0 Å². The Bertz CT molecular complexity index is 182. The van der Waals surface area contributed by atoms with E-state index in [-0.39, 0.29) is 17.6 Å². The van der Waals surface area contributed by atoms with Crippen molar-refractivity contribution in [3.05, 3.63) is 0 Å². The highest BCUT2D eigenvalue weighted by Gasteiger charge is 2.15. The van der Waals surface area contributed by atoms with E-state index in [1.165, 1.54) is 4.90 Å². The van der Waals surface area contributed by atoms with Crippen LogP contribution in [0.4, 0.5) is 0 Å². The molecule has 0 aliphatic rings. The van der Waals surface area contributed by atoms with Crippen molar-refractivity contribution in [2.75, 3.05) is 19.8 Å². The highest BCUT2D eigenvalue weighted by Crippen LogP contribution is 1.88. The van der Waals surface area contributed by atoms with Gasteiger partial charge >= 0.3 is 0 Å². The number of nitrogens with one attached hydrogen (secondary N) is 1. The van der Waals surface area contributed by atoms with Crippen LogP contribution in [0.1, 0.15) is 6.92 Å². The summed E-state index contributed by atoms with van der Waals surface area (Å²) in [6.07, 6.45) is 0. The molecule has 1 N–H and O–H groups in total. The molecule has 1 atom stereocenters. The quantitative estimate of drug-likeness (QED) is 0.590. The third kappa shape index (κ3) is 3.61. The summed E-state index contributed by atoms with van der Waals surface area (Å²) in [4.78, 5) is 23.4. The maximum atomic E-state index is 11.2. The van der Waals surface area contributed by atoms with Crippen LogP contribution in [-0.2, 0) is 9.59 Å². The monoisotopic (exact) mass is 190 g/mol. The molecule has 0 bridgehead atoms. The first kappa shape index (κ1) is 11.3. The zero-order valence-electron chi connectivity index (χ0n) is 7.50. The lowest BCUT2D eigenvalue weighted by Gasteiger charge is -2.17. The average molecular weight is 190 g/mol. The number of amides is 2. The zero-order valence-corrected chi connectivity index (χ0v) is 8.39. The number of hydrogen-bond acceptors (Lipinski definition) is 3. The van der Waals surface area contributed by atoms with E-state index in [2.05, 4.69) is 17.9 Å². The summed E-state index contributed by atoms with van der Waals surface area (Å²) >= 11 is 3.77. The molecule has 0 saturated carbocycles. The molecule has 0 aliphatic carbocycles. The minimum atomic E-state index is -0.473. The molecule has 70 valence electrons. The van der Waals surface area contributed by atoms with Gasteiger partial charge in [0.25, 0.3) is 0 Å². The SMILES string of the molecule is CC(NC(=O)CS)C(=O)N(C)C. The molecular weight excluding hydrogens is 176 g/mol. The minimum absolute atomic E-state index is 0.102. The topological polar surface area (TPSA) is 49.4 Å². The predicted molar refractivity (Wildman–Crippen MR) is 50.2 cm³/mol. The average Bonchev–Trinajstić information content (AvgIpc) is 2.02. The molecule has 0 spiro atoms. The summed E-state index contributed by atoms with van der Waals surface area (Å²) in [5, 5.41) is 2.50. The molecule has 0 rings (SSSR count). The molecule has 0 heterocycles. The van der Waals surface area contributed by atoms with Gasteiger partial charge in [-0.1, -0.05) is 0 Å².